The number of hydrogen-bond donors (Lipinski definition) is 2. The number of amides is 1. The van der Waals surface area contributed by atoms with E-state index in [0.29, 0.717) is 18.8 Å². The fraction of sp³-hybridized carbons (Fsp3) is 0.400. The van der Waals surface area contributed by atoms with Crippen molar-refractivity contribution in [3.63, 3.8) is 0 Å². The van der Waals surface area contributed by atoms with Gasteiger partial charge in [0.1, 0.15) is 11.5 Å². The van der Waals surface area contributed by atoms with Gasteiger partial charge in [0.2, 0.25) is 5.91 Å². The summed E-state index contributed by atoms with van der Waals surface area (Å²) in [5.41, 5.74) is 1.41. The third-order valence-electron chi connectivity index (χ3n) is 4.90. The number of benzene rings is 1. The Morgan fingerprint density at radius 1 is 1.21 bits per heavy atom. The van der Waals surface area contributed by atoms with Crippen molar-refractivity contribution in [2.45, 2.75) is 13.0 Å². The third kappa shape index (κ3) is 5.89. The van der Waals surface area contributed by atoms with Gasteiger partial charge in [-0.2, -0.15) is 0 Å². The van der Waals surface area contributed by atoms with Crippen LogP contribution in [0.15, 0.2) is 42.6 Å². The first-order chi connectivity index (χ1) is 14.0. The summed E-state index contributed by atoms with van der Waals surface area (Å²) in [5, 5.41) is 16.9. The first-order valence-electron chi connectivity index (χ1n) is 9.65. The van der Waals surface area contributed by atoms with Crippen LogP contribution in [0, 0.1) is 10.1 Å². The number of para-hydroxylation sites is 2. The van der Waals surface area contributed by atoms with Gasteiger partial charge in [-0.1, -0.05) is 12.1 Å². The zero-order chi connectivity index (χ0) is 20.6. The summed E-state index contributed by atoms with van der Waals surface area (Å²) in [6, 6.07) is 10.3. The number of aromatic nitrogens is 1. The van der Waals surface area contributed by atoms with Gasteiger partial charge in [0.05, 0.1) is 4.92 Å². The zero-order valence-corrected chi connectivity index (χ0v) is 16.5. The van der Waals surface area contributed by atoms with Gasteiger partial charge in [-0.3, -0.25) is 14.9 Å². The number of carbonyl (C=O) groups excluding carboxylic acids is 1. The van der Waals surface area contributed by atoms with E-state index in [1.54, 1.807) is 24.4 Å². The molecule has 29 heavy (non-hydrogen) atoms. The molecule has 1 aromatic carbocycles. The smallest absolute Gasteiger partial charge is 0.292 e. The number of rotatable bonds is 8. The van der Waals surface area contributed by atoms with E-state index in [4.69, 9.17) is 0 Å². The van der Waals surface area contributed by atoms with Crippen LogP contribution in [0.2, 0.25) is 0 Å². The third-order valence-corrected chi connectivity index (χ3v) is 4.90. The van der Waals surface area contributed by atoms with Crippen LogP contribution in [0.5, 0.6) is 0 Å². The summed E-state index contributed by atoms with van der Waals surface area (Å²) < 4.78 is 0. The Hall–Kier alpha value is -3.20. The van der Waals surface area contributed by atoms with Crippen molar-refractivity contribution < 1.29 is 9.72 Å². The molecule has 1 fully saturated rings. The second-order valence-electron chi connectivity index (χ2n) is 7.04. The maximum absolute atomic E-state index is 12.1. The van der Waals surface area contributed by atoms with Gasteiger partial charge in [-0.15, -0.1) is 0 Å². The number of hydrogen-bond acceptors (Lipinski definition) is 7. The van der Waals surface area contributed by atoms with Crippen molar-refractivity contribution in [2.24, 2.45) is 0 Å². The second kappa shape index (κ2) is 9.83. The average molecular weight is 398 g/mol. The molecular formula is C20H26N6O3. The van der Waals surface area contributed by atoms with Crippen LogP contribution in [-0.2, 0) is 11.3 Å². The van der Waals surface area contributed by atoms with E-state index in [-0.39, 0.29) is 18.0 Å². The molecule has 0 atom stereocenters. The number of piperazine rings is 1. The molecule has 1 saturated heterocycles. The molecule has 2 aromatic rings. The van der Waals surface area contributed by atoms with Crippen molar-refractivity contribution >= 4 is 23.1 Å². The van der Waals surface area contributed by atoms with Crippen LogP contribution < -0.4 is 15.5 Å². The summed E-state index contributed by atoms with van der Waals surface area (Å²) in [6.07, 6.45) is 1.99. The fourth-order valence-electron chi connectivity index (χ4n) is 3.16. The first kappa shape index (κ1) is 20.5. The van der Waals surface area contributed by atoms with Gasteiger partial charge in [-0.25, -0.2) is 4.98 Å². The minimum atomic E-state index is -0.441. The average Bonchev–Trinajstić information content (AvgIpc) is 2.73. The van der Waals surface area contributed by atoms with Gasteiger partial charge < -0.3 is 20.4 Å². The van der Waals surface area contributed by atoms with Crippen molar-refractivity contribution in [3.8, 4) is 0 Å². The highest BCUT2D eigenvalue weighted by atomic mass is 16.6. The van der Waals surface area contributed by atoms with E-state index in [1.807, 2.05) is 12.1 Å². The minimum absolute atomic E-state index is 0.00105. The summed E-state index contributed by atoms with van der Waals surface area (Å²) in [7, 11) is 2.11. The van der Waals surface area contributed by atoms with Crippen LogP contribution in [0.4, 0.5) is 17.2 Å². The monoisotopic (exact) mass is 398 g/mol. The Labute approximate surface area is 169 Å². The predicted molar refractivity (Wildman–Crippen MR) is 112 cm³/mol. The number of nitrogens with zero attached hydrogens (tertiary/aromatic N) is 4. The summed E-state index contributed by atoms with van der Waals surface area (Å²) >= 11 is 0. The van der Waals surface area contributed by atoms with Gasteiger partial charge in [0, 0.05) is 58.0 Å². The van der Waals surface area contributed by atoms with E-state index in [0.717, 1.165) is 37.6 Å². The Kier molecular flexibility index (Phi) is 6.96. The fourth-order valence-corrected chi connectivity index (χ4v) is 3.16. The number of likely N-dealkylation sites (N-methyl/N-ethyl adjacent to an activating group) is 1. The molecule has 2 N–H and O–H groups in total. The lowest BCUT2D eigenvalue weighted by molar-refractivity contribution is -0.384. The Bertz CT molecular complexity index is 852. The van der Waals surface area contributed by atoms with E-state index in [9.17, 15) is 14.9 Å². The summed E-state index contributed by atoms with van der Waals surface area (Å²) in [5.74, 6) is 0.817. The number of nitrogens with one attached hydrogen (secondary N) is 2. The number of pyridine rings is 1. The van der Waals surface area contributed by atoms with E-state index in [1.165, 1.54) is 6.07 Å². The normalized spacial score (nSPS) is 14.4. The highest BCUT2D eigenvalue weighted by molar-refractivity contribution is 5.76. The lowest BCUT2D eigenvalue weighted by atomic mass is 10.2. The molecule has 1 aliphatic rings. The molecule has 0 unspecified atom stereocenters. The molecule has 0 bridgehead atoms. The summed E-state index contributed by atoms with van der Waals surface area (Å²) in [6.45, 7) is 4.64. The van der Waals surface area contributed by atoms with Crippen molar-refractivity contribution in [1.29, 1.82) is 0 Å². The second-order valence-corrected chi connectivity index (χ2v) is 7.04. The van der Waals surface area contributed by atoms with Crippen LogP contribution in [-0.4, -0.2) is 60.5 Å². The molecule has 9 nitrogen and oxygen atoms in total. The van der Waals surface area contributed by atoms with Gasteiger partial charge in [0.15, 0.2) is 0 Å². The number of nitro benzene ring substituents is 1. The maximum Gasteiger partial charge on any atom is 0.292 e. The zero-order valence-electron chi connectivity index (χ0n) is 16.5. The van der Waals surface area contributed by atoms with Gasteiger partial charge in [-0.05, 0) is 30.8 Å². The predicted octanol–water partition coefficient (Wildman–Crippen LogP) is 1.86. The molecular weight excluding hydrogens is 372 g/mol. The van der Waals surface area contributed by atoms with Crippen molar-refractivity contribution in [1.82, 2.24) is 15.2 Å². The standard InChI is InChI=1S/C20H26N6O3/c1-24-10-12-25(13-11-24)19-14-16(6-8-22-19)15-23-20(27)7-9-21-17-4-2-3-5-18(17)26(28)29/h2-6,8,14,21H,7,9-13,15H2,1H3,(H,23,27). The molecule has 1 amide bonds. The van der Waals surface area contributed by atoms with Gasteiger partial charge >= 0.3 is 0 Å². The topological polar surface area (TPSA) is 104 Å². The largest absolute Gasteiger partial charge is 0.379 e. The number of anilines is 2. The molecule has 0 aliphatic carbocycles. The molecule has 1 aromatic heterocycles. The van der Waals surface area contributed by atoms with Crippen molar-refractivity contribution in [3.05, 3.63) is 58.3 Å². The highest BCUT2D eigenvalue weighted by Crippen LogP contribution is 2.22. The molecule has 154 valence electrons. The highest BCUT2D eigenvalue weighted by Gasteiger charge is 2.15. The van der Waals surface area contributed by atoms with Crippen molar-refractivity contribution in [2.75, 3.05) is 50.0 Å². The molecule has 3 rings (SSSR count). The SMILES string of the molecule is CN1CCN(c2cc(CNC(=O)CCNc3ccccc3[N+](=O)[O-])ccn2)CC1. The molecule has 0 radical (unpaired) electrons. The number of nitro groups is 1. The van der Waals surface area contributed by atoms with Crippen LogP contribution in [0.3, 0.4) is 0 Å². The molecule has 1 aliphatic heterocycles. The van der Waals surface area contributed by atoms with Crippen LogP contribution in [0.25, 0.3) is 0 Å². The maximum atomic E-state index is 12.1. The molecule has 0 saturated carbocycles. The van der Waals surface area contributed by atoms with Gasteiger partial charge in [0.25, 0.3) is 5.69 Å². The minimum Gasteiger partial charge on any atom is -0.379 e. The quantitative estimate of drug-likeness (QED) is 0.517. The van der Waals surface area contributed by atoms with Crippen LogP contribution in [0.1, 0.15) is 12.0 Å². The number of carbonyl (C=O) groups is 1. The lowest BCUT2D eigenvalue weighted by Gasteiger charge is -2.33. The Balaban J connectivity index is 1.45. The van der Waals surface area contributed by atoms with E-state index < -0.39 is 4.92 Å². The molecule has 9 heteroatoms. The lowest BCUT2D eigenvalue weighted by Crippen LogP contribution is -2.44. The van der Waals surface area contributed by atoms with Crippen LogP contribution >= 0.6 is 0 Å². The summed E-state index contributed by atoms with van der Waals surface area (Å²) in [4.78, 5) is 31.7. The molecule has 2 heterocycles. The van der Waals surface area contributed by atoms with E-state index in [2.05, 4.69) is 32.5 Å². The Morgan fingerprint density at radius 3 is 2.72 bits per heavy atom. The first-order valence-corrected chi connectivity index (χ1v) is 9.65. The van der Waals surface area contributed by atoms with E-state index >= 15 is 0 Å². The Morgan fingerprint density at radius 2 is 1.97 bits per heavy atom. The molecule has 0 spiro atoms.